The van der Waals surface area contributed by atoms with E-state index in [1.165, 1.54) is 83.5 Å². The maximum Gasteiger partial charge on any atom is 1.00 e. The minimum absolute atomic E-state index is 0. The molecular weight excluding hydrogens is 477 g/mol. The first kappa shape index (κ1) is 40.0. The van der Waals surface area contributed by atoms with Gasteiger partial charge in [-0.1, -0.05) is 110 Å². The molecule has 1 N–H and O–H groups in total. The Kier molecular flexibility index (Phi) is 32.5. The molecule has 0 heterocycles. The van der Waals surface area contributed by atoms with Crippen molar-refractivity contribution in [3.63, 3.8) is 0 Å². The summed E-state index contributed by atoms with van der Waals surface area (Å²) >= 11 is 0. The summed E-state index contributed by atoms with van der Waals surface area (Å²) in [4.78, 5) is 21.3. The van der Waals surface area contributed by atoms with Crippen molar-refractivity contribution in [3.05, 3.63) is 0 Å². The fourth-order valence-corrected chi connectivity index (χ4v) is 4.16. The van der Waals surface area contributed by atoms with Crippen LogP contribution in [0.4, 0.5) is 4.79 Å². The Morgan fingerprint density at radius 3 is 1.65 bits per heavy atom. The molecule has 0 spiro atoms. The minimum Gasteiger partial charge on any atom is -0.774 e. The zero-order valence-electron chi connectivity index (χ0n) is 22.4. The molecule has 7 nitrogen and oxygen atoms in total. The average Bonchev–Trinajstić information content (AvgIpc) is 2.76. The number of carbonyl (C=O) groups is 1. The predicted octanol–water partition coefficient (Wildman–Crippen LogP) is -0.817. The van der Waals surface area contributed by atoms with E-state index >= 15 is 0 Å². The topological polar surface area (TPSA) is 119 Å². The van der Waals surface area contributed by atoms with E-state index < -0.39 is 26.0 Å². The van der Waals surface area contributed by atoms with Crippen LogP contribution in [0.5, 0.6) is 0 Å². The molecule has 10 heteroatoms. The maximum atomic E-state index is 11.0. The second-order valence-electron chi connectivity index (χ2n) is 8.91. The normalized spacial score (nSPS) is 14.5. The molecule has 0 aliphatic rings. The molecule has 0 aliphatic carbocycles. The van der Waals surface area contributed by atoms with Gasteiger partial charge in [-0.25, -0.2) is 0 Å². The van der Waals surface area contributed by atoms with Crippen LogP contribution < -0.4 is 69.1 Å². The van der Waals surface area contributed by atoms with Crippen LogP contribution in [-0.2, 0) is 13.8 Å². The third-order valence-electron chi connectivity index (χ3n) is 5.87. The van der Waals surface area contributed by atoms with Crippen LogP contribution in [0.3, 0.4) is 0 Å². The summed E-state index contributed by atoms with van der Waals surface area (Å²) < 4.78 is 20.6. The first-order chi connectivity index (χ1) is 15.3. The van der Waals surface area contributed by atoms with Gasteiger partial charge in [0.2, 0.25) is 0 Å². The van der Waals surface area contributed by atoms with E-state index in [4.69, 9.17) is 4.74 Å². The van der Waals surface area contributed by atoms with Crippen LogP contribution in [0.2, 0.25) is 0 Å². The fourth-order valence-electron chi connectivity index (χ4n) is 3.69. The number of hydrogen-bond donors (Lipinski definition) is 1. The number of aliphatic hydroxyl groups is 1. The Morgan fingerprint density at radius 2 is 1.24 bits per heavy atom. The Hall–Kier alpha value is 1.54. The van der Waals surface area contributed by atoms with Crippen LogP contribution in [-0.4, -0.2) is 36.7 Å². The van der Waals surface area contributed by atoms with Crippen molar-refractivity contribution in [2.45, 2.75) is 123 Å². The van der Waals surface area contributed by atoms with E-state index in [0.717, 1.165) is 19.3 Å². The average molecular weight is 525 g/mol. The van der Waals surface area contributed by atoms with Crippen molar-refractivity contribution in [3.8, 4) is 0 Å². The van der Waals surface area contributed by atoms with Gasteiger partial charge in [-0.3, -0.25) is 0 Å². The number of hydrogen-bond acceptors (Lipinski definition) is 7. The molecular formula is C24H47Na2O7P. The molecule has 0 rings (SSSR count). The summed E-state index contributed by atoms with van der Waals surface area (Å²) in [5, 5.41) is 20.0. The molecule has 2 unspecified atom stereocenters. The van der Waals surface area contributed by atoms with E-state index in [1.807, 2.05) is 0 Å². The standard InChI is InChI=1S/C24H49O7P.2Na/c1-3-5-6-7-8-9-10-11-12-13-14-15-16-17-18-22(4-2)19-30-20-23(25)21-31-32(28,29)24(26)27;;/h22-23,25H,3-21H2,1-2H3,(H,26,27)(H,28,29);;/q;2*+1/p-2/t22?,23-;;/m1../s1. The zero-order valence-corrected chi connectivity index (χ0v) is 27.3. The summed E-state index contributed by atoms with van der Waals surface area (Å²) in [6.07, 6.45) is 19.6. The fraction of sp³-hybridized carbons (Fsp3) is 0.958. The molecule has 0 saturated carbocycles. The van der Waals surface area contributed by atoms with Crippen molar-refractivity contribution >= 4 is 13.3 Å². The van der Waals surface area contributed by atoms with Gasteiger partial charge in [0, 0.05) is 6.61 Å². The third kappa shape index (κ3) is 25.2. The number of aliphatic hydroxyl groups excluding tert-OH is 1. The van der Waals surface area contributed by atoms with E-state index in [1.54, 1.807) is 0 Å². The largest absolute Gasteiger partial charge is 1.00 e. The van der Waals surface area contributed by atoms with Gasteiger partial charge in [0.1, 0.15) is 11.8 Å². The maximum absolute atomic E-state index is 11.0. The van der Waals surface area contributed by atoms with Crippen molar-refractivity contribution in [1.29, 1.82) is 0 Å². The molecule has 0 aromatic carbocycles. The molecule has 0 aromatic heterocycles. The Morgan fingerprint density at radius 1 is 0.794 bits per heavy atom. The van der Waals surface area contributed by atoms with E-state index in [0.29, 0.717) is 12.5 Å². The number of carboxylic acid groups (broad SMARTS) is 1. The van der Waals surface area contributed by atoms with E-state index in [2.05, 4.69) is 18.4 Å². The van der Waals surface area contributed by atoms with E-state index in [-0.39, 0.29) is 65.7 Å². The molecule has 0 bridgehead atoms. The van der Waals surface area contributed by atoms with Gasteiger partial charge in [-0.05, 0) is 12.3 Å². The summed E-state index contributed by atoms with van der Waals surface area (Å²) in [6.45, 7) is 4.10. The van der Waals surface area contributed by atoms with Crippen molar-refractivity contribution < 1.29 is 92.8 Å². The predicted molar refractivity (Wildman–Crippen MR) is 124 cm³/mol. The van der Waals surface area contributed by atoms with Crippen LogP contribution in [0.15, 0.2) is 0 Å². The number of ether oxygens (including phenoxy) is 1. The SMILES string of the molecule is CCCCCCCCCCCCCCCCC(CC)COC[C@@H](O)COP(=O)([O-])C(=O)[O-].[Na+].[Na+]. The monoisotopic (exact) mass is 524 g/mol. The molecule has 34 heavy (non-hydrogen) atoms. The Labute approximate surface area is 252 Å². The summed E-state index contributed by atoms with van der Waals surface area (Å²) in [6, 6.07) is 0. The molecule has 0 amide bonds. The Bertz CT molecular complexity index is 498. The third-order valence-corrected chi connectivity index (χ3v) is 6.80. The van der Waals surface area contributed by atoms with Gasteiger partial charge in [-0.15, -0.1) is 0 Å². The molecule has 0 aliphatic heterocycles. The molecule has 192 valence electrons. The molecule has 0 fully saturated rings. The van der Waals surface area contributed by atoms with Gasteiger partial charge < -0.3 is 33.7 Å². The Balaban J connectivity index is -0.00000480. The van der Waals surface area contributed by atoms with Crippen LogP contribution in [0.25, 0.3) is 0 Å². The van der Waals surface area contributed by atoms with Crippen LogP contribution in [0.1, 0.15) is 117 Å². The number of carbonyl (C=O) groups excluding carboxylic acids is 1. The summed E-state index contributed by atoms with van der Waals surface area (Å²) in [7, 11) is -5.07. The number of unbranched alkanes of at least 4 members (excludes halogenated alkanes) is 13. The van der Waals surface area contributed by atoms with Gasteiger partial charge in [-0.2, -0.15) is 0 Å². The number of rotatable bonds is 24. The first-order valence-electron chi connectivity index (χ1n) is 12.8. The van der Waals surface area contributed by atoms with Gasteiger partial charge in [0.25, 0.3) is 0 Å². The first-order valence-corrected chi connectivity index (χ1v) is 14.3. The molecule has 0 aromatic rings. The molecule has 0 radical (unpaired) electrons. The quantitative estimate of drug-likeness (QED) is 0.0996. The van der Waals surface area contributed by atoms with Gasteiger partial charge >= 0.3 is 59.1 Å². The van der Waals surface area contributed by atoms with Gasteiger partial charge in [0.15, 0.2) is 7.60 Å². The van der Waals surface area contributed by atoms with Crippen LogP contribution >= 0.6 is 7.60 Å². The minimum atomic E-state index is -5.07. The zero-order chi connectivity index (χ0) is 24.1. The second-order valence-corrected chi connectivity index (χ2v) is 10.5. The van der Waals surface area contributed by atoms with E-state index in [9.17, 15) is 24.5 Å². The molecule has 3 atom stereocenters. The molecule has 0 saturated heterocycles. The summed E-state index contributed by atoms with van der Waals surface area (Å²) in [5.74, 6) is 0.397. The van der Waals surface area contributed by atoms with Crippen molar-refractivity contribution in [2.75, 3.05) is 19.8 Å². The van der Waals surface area contributed by atoms with Crippen molar-refractivity contribution in [1.82, 2.24) is 0 Å². The van der Waals surface area contributed by atoms with Crippen molar-refractivity contribution in [2.24, 2.45) is 5.92 Å². The van der Waals surface area contributed by atoms with Crippen LogP contribution in [0, 0.1) is 5.92 Å². The second kappa shape index (κ2) is 27.6. The van der Waals surface area contributed by atoms with Gasteiger partial charge in [0.05, 0.1) is 13.2 Å². The summed E-state index contributed by atoms with van der Waals surface area (Å²) in [5.41, 5.74) is -2.29. The smallest absolute Gasteiger partial charge is 0.774 e.